The van der Waals surface area contributed by atoms with Crippen molar-refractivity contribution < 1.29 is 0 Å². The molecule has 0 spiro atoms. The molecule has 0 aliphatic carbocycles. The summed E-state index contributed by atoms with van der Waals surface area (Å²) in [7, 11) is 0. The second-order valence-electron chi connectivity index (χ2n) is 4.17. The average molecular weight is 308 g/mol. The second kappa shape index (κ2) is 5.23. The fourth-order valence-corrected chi connectivity index (χ4v) is 3.17. The summed E-state index contributed by atoms with van der Waals surface area (Å²) in [6.45, 7) is 6.29. The van der Waals surface area contributed by atoms with Crippen molar-refractivity contribution in [1.29, 1.82) is 0 Å². The Labute approximate surface area is 115 Å². The number of rotatable bonds is 2. The van der Waals surface area contributed by atoms with Gasteiger partial charge in [-0.3, -0.25) is 0 Å². The van der Waals surface area contributed by atoms with E-state index in [1.54, 1.807) is 11.8 Å². The zero-order valence-electron chi connectivity index (χ0n) is 10.1. The van der Waals surface area contributed by atoms with Gasteiger partial charge in [0.2, 0.25) is 0 Å². The Hall–Kier alpha value is -0.800. The van der Waals surface area contributed by atoms with E-state index >= 15 is 0 Å². The van der Waals surface area contributed by atoms with Crippen LogP contribution in [-0.4, -0.2) is 4.98 Å². The number of aryl methyl sites for hydroxylation is 3. The van der Waals surface area contributed by atoms with Crippen LogP contribution in [0.4, 0.5) is 0 Å². The zero-order valence-corrected chi connectivity index (χ0v) is 12.5. The molecule has 0 amide bonds. The van der Waals surface area contributed by atoms with E-state index in [4.69, 9.17) is 0 Å². The summed E-state index contributed by atoms with van der Waals surface area (Å²) in [5.74, 6) is 0. The molecule has 0 radical (unpaired) electrons. The van der Waals surface area contributed by atoms with Gasteiger partial charge < -0.3 is 0 Å². The Morgan fingerprint density at radius 3 is 2.53 bits per heavy atom. The van der Waals surface area contributed by atoms with Gasteiger partial charge in [-0.15, -0.1) is 0 Å². The number of benzene rings is 1. The van der Waals surface area contributed by atoms with Gasteiger partial charge in [0.1, 0.15) is 5.03 Å². The number of hydrogen-bond donors (Lipinski definition) is 0. The average Bonchev–Trinajstić information content (AvgIpc) is 2.27. The lowest BCUT2D eigenvalue weighted by molar-refractivity contribution is 1.08. The summed E-state index contributed by atoms with van der Waals surface area (Å²) < 4.78 is 1.06. The Kier molecular flexibility index (Phi) is 3.89. The van der Waals surface area contributed by atoms with Gasteiger partial charge in [0.05, 0.1) is 4.47 Å². The predicted octanol–water partition coefficient (Wildman–Crippen LogP) is 4.92. The molecule has 1 heterocycles. The highest BCUT2D eigenvalue weighted by molar-refractivity contribution is 9.10. The van der Waals surface area contributed by atoms with Crippen molar-refractivity contribution in [3.63, 3.8) is 0 Å². The van der Waals surface area contributed by atoms with Crippen molar-refractivity contribution in [3.05, 3.63) is 51.6 Å². The minimum Gasteiger partial charge on any atom is -0.248 e. The van der Waals surface area contributed by atoms with Crippen molar-refractivity contribution in [2.24, 2.45) is 0 Å². The normalized spacial score (nSPS) is 10.6. The number of halogens is 1. The minimum atomic E-state index is 1.02. The molecule has 1 aromatic carbocycles. The third-order valence-corrected chi connectivity index (χ3v) is 4.54. The van der Waals surface area contributed by atoms with Gasteiger partial charge in [0, 0.05) is 11.1 Å². The van der Waals surface area contributed by atoms with Crippen molar-refractivity contribution in [2.45, 2.75) is 30.7 Å². The van der Waals surface area contributed by atoms with Gasteiger partial charge in [0.15, 0.2) is 0 Å². The van der Waals surface area contributed by atoms with E-state index in [-0.39, 0.29) is 0 Å². The van der Waals surface area contributed by atoms with Crippen molar-refractivity contribution in [1.82, 2.24) is 4.98 Å². The van der Waals surface area contributed by atoms with E-state index in [0.717, 1.165) is 9.50 Å². The zero-order chi connectivity index (χ0) is 12.4. The van der Waals surface area contributed by atoms with Crippen molar-refractivity contribution in [3.8, 4) is 0 Å². The van der Waals surface area contributed by atoms with E-state index in [1.807, 2.05) is 13.1 Å². The summed E-state index contributed by atoms with van der Waals surface area (Å²) in [5, 5.41) is 1.02. The highest BCUT2D eigenvalue weighted by atomic mass is 79.9. The number of pyridine rings is 1. The Morgan fingerprint density at radius 2 is 1.82 bits per heavy atom. The van der Waals surface area contributed by atoms with Crippen LogP contribution in [0.2, 0.25) is 0 Å². The van der Waals surface area contributed by atoms with Gasteiger partial charge in [-0.2, -0.15) is 0 Å². The van der Waals surface area contributed by atoms with Crippen molar-refractivity contribution >= 4 is 27.7 Å². The topological polar surface area (TPSA) is 12.9 Å². The van der Waals surface area contributed by atoms with Crippen LogP contribution < -0.4 is 0 Å². The molecule has 2 rings (SSSR count). The fraction of sp³-hybridized carbons (Fsp3) is 0.214. The summed E-state index contributed by atoms with van der Waals surface area (Å²) in [6, 6.07) is 8.59. The number of hydrogen-bond acceptors (Lipinski definition) is 2. The summed E-state index contributed by atoms with van der Waals surface area (Å²) in [4.78, 5) is 5.73. The first kappa shape index (κ1) is 12.7. The maximum Gasteiger partial charge on any atom is 0.115 e. The first-order valence-corrected chi connectivity index (χ1v) is 7.04. The van der Waals surface area contributed by atoms with Crippen LogP contribution >= 0.6 is 27.7 Å². The van der Waals surface area contributed by atoms with E-state index < -0.39 is 0 Å². The predicted molar refractivity (Wildman–Crippen MR) is 76.7 cm³/mol. The second-order valence-corrected chi connectivity index (χ2v) is 6.06. The van der Waals surface area contributed by atoms with Crippen LogP contribution in [0.25, 0.3) is 0 Å². The summed E-state index contributed by atoms with van der Waals surface area (Å²) >= 11 is 5.27. The lowest BCUT2D eigenvalue weighted by Crippen LogP contribution is -1.86. The molecular weight excluding hydrogens is 294 g/mol. The molecule has 0 unspecified atom stereocenters. The first-order chi connectivity index (χ1) is 8.06. The summed E-state index contributed by atoms with van der Waals surface area (Å²) in [6.07, 6.45) is 1.90. The Bertz CT molecular complexity index is 552. The smallest absolute Gasteiger partial charge is 0.115 e. The van der Waals surface area contributed by atoms with E-state index in [0.29, 0.717) is 0 Å². The third kappa shape index (κ3) is 3.11. The fourth-order valence-electron chi connectivity index (χ4n) is 1.52. The van der Waals surface area contributed by atoms with Crippen LogP contribution in [0, 0.1) is 20.8 Å². The molecule has 0 fully saturated rings. The lowest BCUT2D eigenvalue weighted by atomic mass is 10.2. The molecule has 0 N–H and O–H groups in total. The first-order valence-electron chi connectivity index (χ1n) is 5.43. The van der Waals surface area contributed by atoms with Crippen LogP contribution in [0.5, 0.6) is 0 Å². The number of aromatic nitrogens is 1. The molecule has 0 atom stereocenters. The van der Waals surface area contributed by atoms with E-state index in [2.05, 4.69) is 59.0 Å². The molecule has 1 aromatic heterocycles. The molecule has 88 valence electrons. The molecule has 17 heavy (non-hydrogen) atoms. The van der Waals surface area contributed by atoms with Crippen LogP contribution in [-0.2, 0) is 0 Å². The van der Waals surface area contributed by atoms with Crippen molar-refractivity contribution in [2.75, 3.05) is 0 Å². The van der Waals surface area contributed by atoms with Crippen LogP contribution in [0.1, 0.15) is 16.7 Å². The SMILES string of the molecule is Cc1cnc(Sc2cc(C)ccc2C)c(Br)c1. The molecule has 1 nitrogen and oxygen atoms in total. The molecule has 2 aromatic rings. The molecule has 0 aliphatic heterocycles. The van der Waals surface area contributed by atoms with Gasteiger partial charge >= 0.3 is 0 Å². The van der Waals surface area contributed by atoms with Crippen LogP contribution in [0.3, 0.4) is 0 Å². The molecular formula is C14H14BrNS. The molecule has 3 heteroatoms. The van der Waals surface area contributed by atoms with E-state index in [9.17, 15) is 0 Å². The molecule has 0 saturated heterocycles. The highest BCUT2D eigenvalue weighted by Crippen LogP contribution is 2.34. The standard InChI is InChI=1S/C14H14BrNS/c1-9-4-5-11(3)13(7-9)17-14-12(15)6-10(2)8-16-14/h4-8H,1-3H3. The van der Waals surface area contributed by atoms with Gasteiger partial charge in [-0.05, 0) is 65.5 Å². The van der Waals surface area contributed by atoms with Crippen LogP contribution in [0.15, 0.2) is 44.9 Å². The minimum absolute atomic E-state index is 1.02. The maximum absolute atomic E-state index is 4.46. The van der Waals surface area contributed by atoms with E-state index in [1.165, 1.54) is 21.6 Å². The van der Waals surface area contributed by atoms with Gasteiger partial charge in [0.25, 0.3) is 0 Å². The molecule has 0 aliphatic rings. The highest BCUT2D eigenvalue weighted by Gasteiger charge is 2.06. The largest absolute Gasteiger partial charge is 0.248 e. The van der Waals surface area contributed by atoms with Gasteiger partial charge in [-0.1, -0.05) is 23.9 Å². The molecule has 0 saturated carbocycles. The quantitative estimate of drug-likeness (QED) is 0.781. The maximum atomic E-state index is 4.46. The number of nitrogens with zero attached hydrogens (tertiary/aromatic N) is 1. The molecule has 0 bridgehead atoms. The monoisotopic (exact) mass is 307 g/mol. The Balaban J connectivity index is 2.34. The van der Waals surface area contributed by atoms with Gasteiger partial charge in [-0.25, -0.2) is 4.98 Å². The Morgan fingerprint density at radius 1 is 1.06 bits per heavy atom. The lowest BCUT2D eigenvalue weighted by Gasteiger charge is -2.08. The summed E-state index contributed by atoms with van der Waals surface area (Å²) in [5.41, 5.74) is 3.73. The third-order valence-electron chi connectivity index (χ3n) is 2.49.